The Morgan fingerprint density at radius 1 is 0.815 bits per heavy atom. The molecule has 0 saturated heterocycles. The molecule has 0 N–H and O–H groups in total. The second-order valence-corrected chi connectivity index (χ2v) is 10.5. The fraction of sp³-hybridized carbons (Fsp3) is 0.333. The van der Waals surface area contributed by atoms with E-state index in [2.05, 4.69) is 64.1 Å². The summed E-state index contributed by atoms with van der Waals surface area (Å²) >= 11 is 0. The summed E-state index contributed by atoms with van der Waals surface area (Å²) in [7, 11) is -0.102. The largest absolute Gasteiger partial charge is 1.00 e. The number of hydrogen-bond donors (Lipinski definition) is 0. The Hall–Kier alpha value is -0.542. The summed E-state index contributed by atoms with van der Waals surface area (Å²) in [5, 5.41) is 4.51. The monoisotopic (exact) mass is 502 g/mol. The van der Waals surface area contributed by atoms with Crippen LogP contribution >= 0.6 is 7.92 Å². The third kappa shape index (κ3) is 5.73. The molecule has 0 saturated carbocycles. The molecular weight excluding hydrogens is 476 g/mol. The Labute approximate surface area is 189 Å². The smallest absolute Gasteiger partial charge is 0 e. The molecule has 3 aromatic rings. The maximum atomic E-state index is 3.55. The van der Waals surface area contributed by atoms with Crippen molar-refractivity contribution in [2.45, 2.75) is 51.9 Å². The topological polar surface area (TPSA) is 0 Å². The zero-order valence-corrected chi connectivity index (χ0v) is 20.7. The van der Waals surface area contributed by atoms with Crippen LogP contribution in [-0.4, -0.2) is 35.7 Å². The Bertz CT molecular complexity index is 785. The second kappa shape index (κ2) is 11.5. The van der Waals surface area contributed by atoms with Gasteiger partial charge in [0, 0.05) is 24.4 Å². The van der Waals surface area contributed by atoms with Crippen molar-refractivity contribution >= 4 is 48.4 Å². The van der Waals surface area contributed by atoms with Crippen LogP contribution in [0.3, 0.4) is 0 Å². The molecule has 5 radical (unpaired) electrons. The number of hydrogen-bond acceptors (Lipinski definition) is 0. The van der Waals surface area contributed by atoms with Gasteiger partial charge in [0.25, 0.3) is 0 Å². The van der Waals surface area contributed by atoms with Gasteiger partial charge >= 0.3 is 0 Å². The number of halogens is 1. The van der Waals surface area contributed by atoms with Gasteiger partial charge in [-0.15, -0.1) is 0 Å². The fourth-order valence-electron chi connectivity index (χ4n) is 3.85. The van der Waals surface area contributed by atoms with Crippen LogP contribution in [0.5, 0.6) is 0 Å². The second-order valence-electron chi connectivity index (χ2n) is 7.17. The Kier molecular flexibility index (Phi) is 10.4. The van der Waals surface area contributed by atoms with Gasteiger partial charge in [0.2, 0.25) is 0 Å². The summed E-state index contributed by atoms with van der Waals surface area (Å²) < 4.78 is 0. The van der Waals surface area contributed by atoms with Crippen LogP contribution in [0.4, 0.5) is 0 Å². The zero-order chi connectivity index (χ0) is 17.8. The minimum Gasteiger partial charge on any atom is -1.00 e. The van der Waals surface area contributed by atoms with Crippen LogP contribution in [0.2, 0.25) is 0 Å². The van der Waals surface area contributed by atoms with Crippen molar-refractivity contribution in [1.29, 1.82) is 0 Å². The van der Waals surface area contributed by atoms with Crippen LogP contribution in [0.1, 0.15) is 38.8 Å². The molecule has 141 valence electrons. The minimum absolute atomic E-state index is 0. The molecule has 0 aromatic heterocycles. The van der Waals surface area contributed by atoms with Crippen molar-refractivity contribution in [2.24, 2.45) is 0 Å². The summed E-state index contributed by atoms with van der Waals surface area (Å²) in [5.74, 6) is 0. The Morgan fingerprint density at radius 3 is 1.89 bits per heavy atom. The van der Waals surface area contributed by atoms with E-state index in [1.54, 1.807) is 5.30 Å². The molecule has 1 aliphatic rings. The zero-order valence-electron chi connectivity index (χ0n) is 16.5. The Balaban J connectivity index is 0.000000393. The van der Waals surface area contributed by atoms with E-state index in [0.29, 0.717) is 0 Å². The molecule has 3 aromatic carbocycles. The predicted molar refractivity (Wildman–Crippen MR) is 118 cm³/mol. The van der Waals surface area contributed by atoms with Crippen LogP contribution in [0, 0.1) is 12.1 Å². The molecule has 0 nitrogen and oxygen atoms in total. The summed E-state index contributed by atoms with van der Waals surface area (Å²) in [4.78, 5) is 0. The third-order valence-electron chi connectivity index (χ3n) is 4.76. The van der Waals surface area contributed by atoms with Crippen molar-refractivity contribution in [3.05, 3.63) is 77.9 Å². The van der Waals surface area contributed by atoms with Gasteiger partial charge in [-0.05, 0) is 63.5 Å². The van der Waals surface area contributed by atoms with Crippen LogP contribution < -0.4 is 17.7 Å². The molecule has 0 heterocycles. The standard InChI is InChI=1S/C18H22P.C6H5.ClH.Sb/c1-12(2)19(13(3)4)17-11-10-15-9-8-14-6-5-7-16(17)18(14)15;1-2-4-6-5-3-1;;/h5-6,10-13H,8-9H2,1-4H3;1-5H;1H;/p-1. The SMILES string of the molecule is CC(C)P(c1ccc2c3c(cc[c]c13)CC2)C(C)C.[Cl-].[Sb].[c]1ccccc1. The van der Waals surface area contributed by atoms with Gasteiger partial charge in [0.15, 0.2) is 0 Å². The first kappa shape index (κ1) is 24.5. The number of aryl methyl sites for hydroxylation is 2. The molecule has 0 aliphatic heterocycles. The molecule has 1 aliphatic carbocycles. The van der Waals surface area contributed by atoms with Gasteiger partial charge in [0.1, 0.15) is 0 Å². The molecule has 0 bridgehead atoms. The molecule has 27 heavy (non-hydrogen) atoms. The summed E-state index contributed by atoms with van der Waals surface area (Å²) in [6.07, 6.45) is 2.43. The molecule has 0 unspecified atom stereocenters. The van der Waals surface area contributed by atoms with E-state index in [4.69, 9.17) is 0 Å². The van der Waals surface area contributed by atoms with E-state index in [1.807, 2.05) is 30.3 Å². The molecule has 4 rings (SSSR count). The fourth-order valence-corrected chi connectivity index (χ4v) is 6.84. The Morgan fingerprint density at radius 2 is 1.41 bits per heavy atom. The van der Waals surface area contributed by atoms with Crippen LogP contribution in [0.15, 0.2) is 54.6 Å². The number of rotatable bonds is 3. The summed E-state index contributed by atoms with van der Waals surface area (Å²) in [5.41, 5.74) is 4.55. The molecule has 0 atom stereocenters. The minimum atomic E-state index is -0.102. The van der Waals surface area contributed by atoms with Gasteiger partial charge in [-0.1, -0.05) is 90.2 Å². The van der Waals surface area contributed by atoms with Crippen molar-refractivity contribution < 1.29 is 12.4 Å². The van der Waals surface area contributed by atoms with E-state index in [-0.39, 0.29) is 44.8 Å². The van der Waals surface area contributed by atoms with Crippen LogP contribution in [0.25, 0.3) is 10.8 Å². The van der Waals surface area contributed by atoms with Gasteiger partial charge in [-0.2, -0.15) is 0 Å². The quantitative estimate of drug-likeness (QED) is 0.381. The third-order valence-corrected chi connectivity index (χ3v) is 7.92. The van der Waals surface area contributed by atoms with E-state index in [1.165, 1.54) is 34.7 Å². The van der Waals surface area contributed by atoms with Gasteiger partial charge in [-0.25, -0.2) is 0 Å². The number of benzene rings is 3. The van der Waals surface area contributed by atoms with Crippen LogP contribution in [-0.2, 0) is 12.8 Å². The predicted octanol–water partition coefficient (Wildman–Crippen LogP) is 2.77. The molecule has 3 heteroatoms. The first-order valence-corrected chi connectivity index (χ1v) is 10.7. The van der Waals surface area contributed by atoms with Gasteiger partial charge in [-0.3, -0.25) is 0 Å². The first-order valence-electron chi connectivity index (χ1n) is 9.24. The van der Waals surface area contributed by atoms with Crippen molar-refractivity contribution in [3.63, 3.8) is 0 Å². The van der Waals surface area contributed by atoms with Crippen molar-refractivity contribution in [2.75, 3.05) is 0 Å². The van der Waals surface area contributed by atoms with Crippen molar-refractivity contribution in [1.82, 2.24) is 0 Å². The first-order chi connectivity index (χ1) is 12.1. The molecular formula is C24H27ClPSb-. The molecule has 0 amide bonds. The maximum absolute atomic E-state index is 3.55. The average Bonchev–Trinajstić information content (AvgIpc) is 3.04. The van der Waals surface area contributed by atoms with E-state index in [0.717, 1.165) is 11.3 Å². The van der Waals surface area contributed by atoms with Crippen molar-refractivity contribution in [3.8, 4) is 0 Å². The summed E-state index contributed by atoms with van der Waals surface area (Å²) in [6.45, 7) is 9.48. The summed E-state index contributed by atoms with van der Waals surface area (Å²) in [6, 6.07) is 25.2. The molecule has 0 spiro atoms. The normalized spacial score (nSPS) is 11.8. The van der Waals surface area contributed by atoms with Gasteiger partial charge in [0.05, 0.1) is 0 Å². The van der Waals surface area contributed by atoms with Gasteiger partial charge < -0.3 is 12.4 Å². The average molecular weight is 504 g/mol. The van der Waals surface area contributed by atoms with E-state index >= 15 is 0 Å². The van der Waals surface area contributed by atoms with E-state index < -0.39 is 0 Å². The maximum Gasteiger partial charge on any atom is 0 e. The van der Waals surface area contributed by atoms with E-state index in [9.17, 15) is 0 Å². The molecule has 0 fully saturated rings.